The molecular weight excluding hydrogens is 294 g/mol. The van der Waals surface area contributed by atoms with Crippen LogP contribution in [0.25, 0.3) is 0 Å². The van der Waals surface area contributed by atoms with Crippen LogP contribution in [0, 0.1) is 0 Å². The predicted molar refractivity (Wildman–Crippen MR) is 86.9 cm³/mol. The average molecular weight is 321 g/mol. The molecule has 1 N–H and O–H groups in total. The lowest BCUT2D eigenvalue weighted by Gasteiger charge is -2.39. The summed E-state index contributed by atoms with van der Waals surface area (Å²) in [4.78, 5) is 14.1. The number of carboxylic acids is 1. The van der Waals surface area contributed by atoms with Crippen LogP contribution >= 0.6 is 0 Å². The molecule has 1 aliphatic carbocycles. The molecule has 0 spiro atoms. The Hall–Kier alpha value is -1.40. The van der Waals surface area contributed by atoms with E-state index < -0.39 is 5.97 Å². The second-order valence-corrected chi connectivity index (χ2v) is 6.67. The van der Waals surface area contributed by atoms with Gasteiger partial charge >= 0.3 is 5.97 Å². The number of aromatic carboxylic acids is 1. The number of carbonyl (C=O) groups is 1. The van der Waals surface area contributed by atoms with Crippen molar-refractivity contribution in [3.63, 3.8) is 0 Å². The van der Waals surface area contributed by atoms with Crippen molar-refractivity contribution in [3.05, 3.63) is 17.0 Å². The van der Waals surface area contributed by atoms with Crippen LogP contribution in [0.4, 0.5) is 0 Å². The van der Waals surface area contributed by atoms with Crippen LogP contribution in [-0.4, -0.2) is 58.1 Å². The number of likely N-dealkylation sites (tertiary alicyclic amines) is 1. The standard InChI is InChI=1S/C17H27N3O3/c1-3-8-20-15-5-4-12(11-14(15)16(18-20)17(21)22)19-9-6-13(23-2)7-10-19/h12-13H,3-11H2,1-2H3,(H,21,22)/t12-/m1/s1. The van der Waals surface area contributed by atoms with Gasteiger partial charge < -0.3 is 9.84 Å². The molecule has 23 heavy (non-hydrogen) atoms. The molecule has 2 heterocycles. The number of ether oxygens (including phenoxy) is 1. The first kappa shape index (κ1) is 16.5. The summed E-state index contributed by atoms with van der Waals surface area (Å²) in [7, 11) is 1.79. The van der Waals surface area contributed by atoms with E-state index in [1.54, 1.807) is 7.11 Å². The summed E-state index contributed by atoms with van der Waals surface area (Å²) >= 11 is 0. The Bertz CT molecular complexity index is 562. The second kappa shape index (κ2) is 7.01. The van der Waals surface area contributed by atoms with Crippen molar-refractivity contribution in [2.24, 2.45) is 0 Å². The molecular formula is C17H27N3O3. The third-order valence-corrected chi connectivity index (χ3v) is 5.28. The first-order valence-electron chi connectivity index (χ1n) is 8.72. The maximum atomic E-state index is 11.5. The van der Waals surface area contributed by atoms with Gasteiger partial charge in [0.1, 0.15) is 0 Å². The molecule has 1 saturated heterocycles. The molecule has 1 aliphatic heterocycles. The van der Waals surface area contributed by atoms with E-state index in [0.717, 1.165) is 69.4 Å². The summed E-state index contributed by atoms with van der Waals surface area (Å²) < 4.78 is 7.37. The largest absolute Gasteiger partial charge is 0.476 e. The lowest BCUT2D eigenvalue weighted by Crippen LogP contribution is -2.45. The minimum absolute atomic E-state index is 0.268. The summed E-state index contributed by atoms with van der Waals surface area (Å²) in [5.74, 6) is -0.894. The Kier molecular flexibility index (Phi) is 5.02. The highest BCUT2D eigenvalue weighted by Gasteiger charge is 2.33. The monoisotopic (exact) mass is 321 g/mol. The van der Waals surface area contributed by atoms with Gasteiger partial charge in [-0.05, 0) is 38.5 Å². The quantitative estimate of drug-likeness (QED) is 0.898. The van der Waals surface area contributed by atoms with Crippen molar-refractivity contribution in [1.82, 2.24) is 14.7 Å². The van der Waals surface area contributed by atoms with Crippen LogP contribution in [0.3, 0.4) is 0 Å². The third kappa shape index (κ3) is 3.28. The highest BCUT2D eigenvalue weighted by Crippen LogP contribution is 2.29. The van der Waals surface area contributed by atoms with Gasteiger partial charge in [0.25, 0.3) is 0 Å². The zero-order valence-corrected chi connectivity index (χ0v) is 14.1. The average Bonchev–Trinajstić information content (AvgIpc) is 2.93. The summed E-state index contributed by atoms with van der Waals surface area (Å²) in [5, 5.41) is 13.8. The number of fused-ring (bicyclic) bond motifs is 1. The second-order valence-electron chi connectivity index (χ2n) is 6.67. The Morgan fingerprint density at radius 2 is 2.09 bits per heavy atom. The Morgan fingerprint density at radius 1 is 1.35 bits per heavy atom. The first-order valence-corrected chi connectivity index (χ1v) is 8.72. The normalized spacial score (nSPS) is 23.0. The van der Waals surface area contributed by atoms with Gasteiger partial charge in [0, 0.05) is 44.0 Å². The summed E-state index contributed by atoms with van der Waals surface area (Å²) in [5.41, 5.74) is 2.38. The van der Waals surface area contributed by atoms with Crippen molar-refractivity contribution >= 4 is 5.97 Å². The van der Waals surface area contributed by atoms with Crippen LogP contribution in [-0.2, 0) is 24.1 Å². The van der Waals surface area contributed by atoms with Gasteiger partial charge in [0.2, 0.25) is 0 Å². The lowest BCUT2D eigenvalue weighted by molar-refractivity contribution is 0.0248. The summed E-state index contributed by atoms with van der Waals surface area (Å²) in [6.45, 7) is 4.99. The molecule has 0 radical (unpaired) electrons. The minimum atomic E-state index is -0.894. The topological polar surface area (TPSA) is 67.6 Å². The number of hydrogen-bond acceptors (Lipinski definition) is 4. The number of carboxylic acid groups (broad SMARTS) is 1. The van der Waals surface area contributed by atoms with Crippen LogP contribution < -0.4 is 0 Å². The number of piperidine rings is 1. The molecule has 2 aliphatic rings. The van der Waals surface area contributed by atoms with Gasteiger partial charge in [-0.15, -0.1) is 0 Å². The summed E-state index contributed by atoms with van der Waals surface area (Å²) in [6.07, 6.45) is 6.34. The van der Waals surface area contributed by atoms with Crippen molar-refractivity contribution < 1.29 is 14.6 Å². The number of nitrogens with zero attached hydrogens (tertiary/aromatic N) is 3. The molecule has 1 aromatic heterocycles. The molecule has 1 aromatic rings. The van der Waals surface area contributed by atoms with E-state index in [4.69, 9.17) is 4.74 Å². The molecule has 0 bridgehead atoms. The third-order valence-electron chi connectivity index (χ3n) is 5.28. The van der Waals surface area contributed by atoms with Crippen molar-refractivity contribution in [2.45, 2.75) is 64.1 Å². The number of hydrogen-bond donors (Lipinski definition) is 1. The Labute approximate surface area is 137 Å². The van der Waals surface area contributed by atoms with Crippen LogP contribution in [0.2, 0.25) is 0 Å². The van der Waals surface area contributed by atoms with E-state index in [2.05, 4.69) is 16.9 Å². The fraction of sp³-hybridized carbons (Fsp3) is 0.765. The van der Waals surface area contributed by atoms with E-state index >= 15 is 0 Å². The van der Waals surface area contributed by atoms with Crippen molar-refractivity contribution in [2.75, 3.05) is 20.2 Å². The van der Waals surface area contributed by atoms with Crippen molar-refractivity contribution in [3.8, 4) is 0 Å². The van der Waals surface area contributed by atoms with Gasteiger partial charge in [-0.25, -0.2) is 4.79 Å². The lowest BCUT2D eigenvalue weighted by atomic mass is 9.89. The molecule has 6 nitrogen and oxygen atoms in total. The molecule has 1 atom stereocenters. The molecule has 0 saturated carbocycles. The number of aryl methyl sites for hydroxylation is 1. The van der Waals surface area contributed by atoms with E-state index in [1.807, 2.05) is 4.68 Å². The zero-order chi connectivity index (χ0) is 16.4. The fourth-order valence-electron chi connectivity index (χ4n) is 4.03. The highest BCUT2D eigenvalue weighted by molar-refractivity contribution is 5.87. The van der Waals surface area contributed by atoms with E-state index in [9.17, 15) is 9.90 Å². The molecule has 0 unspecified atom stereocenters. The van der Waals surface area contributed by atoms with Crippen molar-refractivity contribution in [1.29, 1.82) is 0 Å². The highest BCUT2D eigenvalue weighted by atomic mass is 16.5. The molecule has 128 valence electrons. The molecule has 0 amide bonds. The van der Waals surface area contributed by atoms with Gasteiger partial charge in [-0.1, -0.05) is 6.92 Å². The molecule has 6 heteroatoms. The zero-order valence-electron chi connectivity index (χ0n) is 14.1. The summed E-state index contributed by atoms with van der Waals surface area (Å²) in [6, 6.07) is 0.442. The molecule has 3 rings (SSSR count). The van der Waals surface area contributed by atoms with Crippen LogP contribution in [0.5, 0.6) is 0 Å². The number of methoxy groups -OCH3 is 1. The number of rotatable bonds is 5. The SMILES string of the molecule is CCCn1nc(C(=O)O)c2c1CC[C@@H](N1CCC(OC)CC1)C2. The van der Waals surface area contributed by atoms with E-state index in [1.165, 1.54) is 0 Å². The Balaban J connectivity index is 1.76. The van der Waals surface area contributed by atoms with E-state index in [-0.39, 0.29) is 5.69 Å². The minimum Gasteiger partial charge on any atom is -0.476 e. The van der Waals surface area contributed by atoms with Crippen LogP contribution in [0.15, 0.2) is 0 Å². The number of aromatic nitrogens is 2. The maximum absolute atomic E-state index is 11.5. The molecule has 1 fully saturated rings. The smallest absolute Gasteiger partial charge is 0.356 e. The van der Waals surface area contributed by atoms with Gasteiger partial charge in [0.15, 0.2) is 5.69 Å². The van der Waals surface area contributed by atoms with Gasteiger partial charge in [-0.2, -0.15) is 5.10 Å². The predicted octanol–water partition coefficient (Wildman–Crippen LogP) is 1.96. The van der Waals surface area contributed by atoms with Gasteiger partial charge in [0.05, 0.1) is 6.10 Å². The fourth-order valence-corrected chi connectivity index (χ4v) is 4.03. The van der Waals surface area contributed by atoms with E-state index in [0.29, 0.717) is 12.1 Å². The van der Waals surface area contributed by atoms with Crippen LogP contribution in [0.1, 0.15) is 54.4 Å². The first-order chi connectivity index (χ1) is 11.1. The molecule has 0 aromatic carbocycles. The maximum Gasteiger partial charge on any atom is 0.356 e. The van der Waals surface area contributed by atoms with Gasteiger partial charge in [-0.3, -0.25) is 9.58 Å². The Morgan fingerprint density at radius 3 is 2.70 bits per heavy atom.